The van der Waals surface area contributed by atoms with Gasteiger partial charge in [-0.25, -0.2) is 0 Å². The van der Waals surface area contributed by atoms with Crippen LogP contribution >= 0.6 is 0 Å². The molecular formula is C18H38. The summed E-state index contributed by atoms with van der Waals surface area (Å²) in [4.78, 5) is 0. The predicted octanol–water partition coefficient (Wildman–Crippen LogP) is 6.98. The van der Waals surface area contributed by atoms with Gasteiger partial charge in [0, 0.05) is 0 Å². The number of hydrogen-bond donors (Lipinski definition) is 0. The smallest absolute Gasteiger partial charge is 0.0386 e. The van der Waals surface area contributed by atoms with Crippen molar-refractivity contribution in [3.05, 3.63) is 0 Å². The molecule has 0 aromatic heterocycles. The van der Waals surface area contributed by atoms with Gasteiger partial charge in [0.1, 0.15) is 0 Å². The first kappa shape index (κ1) is 18.0. The van der Waals surface area contributed by atoms with Crippen molar-refractivity contribution in [3.8, 4) is 0 Å². The fraction of sp³-hybridized carbons (Fsp3) is 1.00. The van der Waals surface area contributed by atoms with Crippen LogP contribution in [0.4, 0.5) is 0 Å². The first-order chi connectivity index (χ1) is 8.76. The summed E-state index contributed by atoms with van der Waals surface area (Å²) in [6.45, 7) is 9.17. The second kappa shape index (κ2) is 13.4. The highest BCUT2D eigenvalue weighted by atomic mass is 14.4. The number of rotatable bonds is 10. The van der Waals surface area contributed by atoms with Crippen LogP contribution < -0.4 is 0 Å². The van der Waals surface area contributed by atoms with Crippen LogP contribution in [0.15, 0.2) is 0 Å². The van der Waals surface area contributed by atoms with Crippen LogP contribution in [0.5, 0.6) is 0 Å². The molecule has 2 unspecified atom stereocenters. The van der Waals surface area contributed by atoms with Crippen molar-refractivity contribution >= 4 is 0 Å². The molecule has 1 aliphatic rings. The summed E-state index contributed by atoms with van der Waals surface area (Å²) >= 11 is 0. The van der Waals surface area contributed by atoms with E-state index < -0.39 is 0 Å². The van der Waals surface area contributed by atoms with Gasteiger partial charge in [-0.05, 0) is 18.3 Å². The Morgan fingerprint density at radius 1 is 0.667 bits per heavy atom. The molecule has 18 heavy (non-hydrogen) atoms. The highest BCUT2D eigenvalue weighted by Crippen LogP contribution is 2.41. The zero-order chi connectivity index (χ0) is 13.6. The fourth-order valence-corrected chi connectivity index (χ4v) is 2.49. The Balaban J connectivity index is 0.000000321. The van der Waals surface area contributed by atoms with Crippen molar-refractivity contribution in [3.63, 3.8) is 0 Å². The van der Waals surface area contributed by atoms with E-state index in [-0.39, 0.29) is 0 Å². The minimum atomic E-state index is 1.07. The monoisotopic (exact) mass is 254 g/mol. The Labute approximate surface area is 117 Å². The molecule has 0 amide bonds. The average molecular weight is 255 g/mol. The maximum absolute atomic E-state index is 2.37. The third-order valence-electron chi connectivity index (χ3n) is 4.16. The van der Waals surface area contributed by atoms with Crippen molar-refractivity contribution in [1.29, 1.82) is 0 Å². The van der Waals surface area contributed by atoms with E-state index in [0.717, 1.165) is 11.8 Å². The molecule has 0 heterocycles. The summed E-state index contributed by atoms with van der Waals surface area (Å²) in [6, 6.07) is 0. The highest BCUT2D eigenvalue weighted by Gasteiger charge is 2.30. The van der Waals surface area contributed by atoms with Gasteiger partial charge >= 0.3 is 0 Å². The summed E-state index contributed by atoms with van der Waals surface area (Å²) in [5.41, 5.74) is 0. The van der Waals surface area contributed by atoms with E-state index in [4.69, 9.17) is 0 Å². The van der Waals surface area contributed by atoms with Gasteiger partial charge in [-0.15, -0.1) is 0 Å². The maximum atomic E-state index is 2.37. The van der Waals surface area contributed by atoms with Crippen molar-refractivity contribution in [2.45, 2.75) is 105 Å². The zero-order valence-corrected chi connectivity index (χ0v) is 13.6. The largest absolute Gasteiger partial charge is 0.0654 e. The van der Waals surface area contributed by atoms with Crippen molar-refractivity contribution < 1.29 is 0 Å². The Hall–Kier alpha value is 0. The van der Waals surface area contributed by atoms with Crippen LogP contribution in [-0.4, -0.2) is 0 Å². The van der Waals surface area contributed by atoms with E-state index in [2.05, 4.69) is 27.7 Å². The lowest BCUT2D eigenvalue weighted by atomic mass is 10.1. The van der Waals surface area contributed by atoms with Gasteiger partial charge in [0.2, 0.25) is 0 Å². The molecule has 1 fully saturated rings. The average Bonchev–Trinajstić information content (AvgIpc) is 3.07. The lowest BCUT2D eigenvalue weighted by Crippen LogP contribution is -1.79. The van der Waals surface area contributed by atoms with Crippen LogP contribution in [0, 0.1) is 11.8 Å². The molecule has 0 aromatic carbocycles. The molecule has 0 N–H and O–H groups in total. The summed E-state index contributed by atoms with van der Waals surface area (Å²) in [5, 5.41) is 0. The van der Waals surface area contributed by atoms with E-state index in [9.17, 15) is 0 Å². The SMILES string of the molecule is CCCCCC1CC1C.CCCCCCCCC. The van der Waals surface area contributed by atoms with E-state index >= 15 is 0 Å². The number of unbranched alkanes of at least 4 members (excludes halogenated alkanes) is 8. The van der Waals surface area contributed by atoms with E-state index in [1.54, 1.807) is 0 Å². The molecule has 0 radical (unpaired) electrons. The predicted molar refractivity (Wildman–Crippen MR) is 85.1 cm³/mol. The molecular weight excluding hydrogens is 216 g/mol. The van der Waals surface area contributed by atoms with E-state index in [0.29, 0.717) is 0 Å². The molecule has 1 aliphatic carbocycles. The Morgan fingerprint density at radius 2 is 1.06 bits per heavy atom. The molecule has 0 bridgehead atoms. The second-order valence-corrected chi connectivity index (χ2v) is 6.24. The molecule has 0 saturated heterocycles. The van der Waals surface area contributed by atoms with Gasteiger partial charge in [0.05, 0.1) is 0 Å². The molecule has 0 nitrogen and oxygen atoms in total. The highest BCUT2D eigenvalue weighted by molar-refractivity contribution is 4.81. The molecule has 0 spiro atoms. The molecule has 1 saturated carbocycles. The van der Waals surface area contributed by atoms with Gasteiger partial charge in [-0.3, -0.25) is 0 Å². The van der Waals surface area contributed by atoms with Crippen molar-refractivity contribution in [2.75, 3.05) is 0 Å². The van der Waals surface area contributed by atoms with Gasteiger partial charge in [0.25, 0.3) is 0 Å². The molecule has 1 rings (SSSR count). The third-order valence-corrected chi connectivity index (χ3v) is 4.16. The summed E-state index contributed by atoms with van der Waals surface area (Å²) in [7, 11) is 0. The molecule has 0 aromatic rings. The Morgan fingerprint density at radius 3 is 1.44 bits per heavy atom. The summed E-state index contributed by atoms with van der Waals surface area (Å²) < 4.78 is 0. The maximum Gasteiger partial charge on any atom is -0.0386 e. The van der Waals surface area contributed by atoms with Crippen LogP contribution in [-0.2, 0) is 0 Å². The quantitative estimate of drug-likeness (QED) is 0.369. The minimum absolute atomic E-state index is 1.07. The lowest BCUT2D eigenvalue weighted by Gasteiger charge is -1.96. The lowest BCUT2D eigenvalue weighted by molar-refractivity contribution is 0.595. The van der Waals surface area contributed by atoms with Gasteiger partial charge < -0.3 is 0 Å². The fourth-order valence-electron chi connectivity index (χ4n) is 2.49. The molecule has 0 heteroatoms. The molecule has 0 aliphatic heterocycles. The van der Waals surface area contributed by atoms with Crippen LogP contribution in [0.3, 0.4) is 0 Å². The van der Waals surface area contributed by atoms with Gasteiger partial charge in [-0.2, -0.15) is 0 Å². The van der Waals surface area contributed by atoms with Gasteiger partial charge in [0.15, 0.2) is 0 Å². The topological polar surface area (TPSA) is 0 Å². The van der Waals surface area contributed by atoms with Crippen LogP contribution in [0.2, 0.25) is 0 Å². The number of hydrogen-bond acceptors (Lipinski definition) is 0. The standard InChI is InChI=1S/C9H18.C9H20/c1-3-4-5-6-9-7-8(9)2;1-3-5-7-9-8-6-4-2/h8-9H,3-7H2,1-2H3;3-9H2,1-2H3. The normalized spacial score (nSPS) is 21.3. The first-order valence-corrected chi connectivity index (χ1v) is 8.76. The van der Waals surface area contributed by atoms with Gasteiger partial charge in [-0.1, -0.05) is 98.3 Å². The zero-order valence-electron chi connectivity index (χ0n) is 13.6. The minimum Gasteiger partial charge on any atom is -0.0654 e. The summed E-state index contributed by atoms with van der Waals surface area (Å²) in [6.07, 6.45) is 17.3. The molecule has 110 valence electrons. The Bertz CT molecular complexity index is 144. The van der Waals surface area contributed by atoms with Crippen molar-refractivity contribution in [2.24, 2.45) is 11.8 Å². The van der Waals surface area contributed by atoms with Crippen LogP contribution in [0.1, 0.15) is 105 Å². The summed E-state index contributed by atoms with van der Waals surface area (Å²) in [5.74, 6) is 2.19. The van der Waals surface area contributed by atoms with E-state index in [1.165, 1.54) is 77.0 Å². The van der Waals surface area contributed by atoms with Crippen molar-refractivity contribution in [1.82, 2.24) is 0 Å². The Kier molecular flexibility index (Phi) is 13.4. The van der Waals surface area contributed by atoms with Crippen LogP contribution in [0.25, 0.3) is 0 Å². The first-order valence-electron chi connectivity index (χ1n) is 8.76. The second-order valence-electron chi connectivity index (χ2n) is 6.24. The third kappa shape index (κ3) is 12.5. The van der Waals surface area contributed by atoms with E-state index in [1.807, 2.05) is 0 Å². The molecule has 2 atom stereocenters.